The molecule has 2 N–H and O–H groups in total. The lowest BCUT2D eigenvalue weighted by molar-refractivity contribution is 0.0697. The lowest BCUT2D eigenvalue weighted by atomic mass is 9.98. The van der Waals surface area contributed by atoms with E-state index in [2.05, 4.69) is 51.4 Å². The monoisotopic (exact) mass is 426 g/mol. The maximum atomic E-state index is 11.1. The van der Waals surface area contributed by atoms with E-state index in [4.69, 9.17) is 5.11 Å². The van der Waals surface area contributed by atoms with E-state index in [9.17, 15) is 9.90 Å². The molecular formula is C23H18N6O3. The largest absolute Gasteiger partial charge is 0.492 e. The summed E-state index contributed by atoms with van der Waals surface area (Å²) < 4.78 is 2.84. The number of aromatic hydroxyl groups is 1. The first kappa shape index (κ1) is 19.4. The van der Waals surface area contributed by atoms with Crippen molar-refractivity contribution in [2.24, 2.45) is 0 Å². The Hall–Kier alpha value is -4.53. The van der Waals surface area contributed by atoms with Gasteiger partial charge in [0.05, 0.1) is 24.5 Å². The van der Waals surface area contributed by atoms with Gasteiger partial charge in [0, 0.05) is 6.20 Å². The van der Waals surface area contributed by atoms with E-state index in [1.54, 1.807) is 4.68 Å². The standard InChI is InChI=1S/C23H18N6O3/c1-14-7-8-15(9-18(14)16-5-3-2-4-6-16)12-28-20-19(11-25-28)26-23(27-21(20)30)29-13-17(10-24-29)22(31)32/h2-11,13H,12H2,1H3,(H,31,32)(H,26,27,30). The van der Waals surface area contributed by atoms with Crippen LogP contribution in [0.3, 0.4) is 0 Å². The molecule has 0 aliphatic heterocycles. The molecule has 3 heterocycles. The molecule has 2 aromatic carbocycles. The van der Waals surface area contributed by atoms with E-state index >= 15 is 0 Å². The Bertz CT molecular complexity index is 1460. The highest BCUT2D eigenvalue weighted by molar-refractivity contribution is 5.87. The fraction of sp³-hybridized carbons (Fsp3) is 0.0870. The van der Waals surface area contributed by atoms with Crippen molar-refractivity contribution in [3.63, 3.8) is 0 Å². The van der Waals surface area contributed by atoms with Crippen LogP contribution in [0.1, 0.15) is 21.5 Å². The number of carbonyl (C=O) groups is 1. The Morgan fingerprint density at radius 1 is 1.03 bits per heavy atom. The molecule has 0 spiro atoms. The highest BCUT2D eigenvalue weighted by Gasteiger charge is 2.16. The van der Waals surface area contributed by atoms with Crippen LogP contribution in [0, 0.1) is 6.92 Å². The highest BCUT2D eigenvalue weighted by atomic mass is 16.4. The first-order chi connectivity index (χ1) is 15.5. The third kappa shape index (κ3) is 3.45. The van der Waals surface area contributed by atoms with Crippen LogP contribution in [0.4, 0.5) is 0 Å². The molecule has 3 aromatic heterocycles. The fourth-order valence-corrected chi connectivity index (χ4v) is 3.60. The zero-order chi connectivity index (χ0) is 22.2. The summed E-state index contributed by atoms with van der Waals surface area (Å²) in [7, 11) is 0. The summed E-state index contributed by atoms with van der Waals surface area (Å²) in [6, 6.07) is 16.4. The Kier molecular flexibility index (Phi) is 4.63. The Balaban J connectivity index is 1.50. The van der Waals surface area contributed by atoms with Gasteiger partial charge in [-0.15, -0.1) is 0 Å². The highest BCUT2D eigenvalue weighted by Crippen LogP contribution is 2.27. The zero-order valence-corrected chi connectivity index (χ0v) is 17.0. The van der Waals surface area contributed by atoms with Crippen LogP contribution in [0.15, 0.2) is 67.1 Å². The molecule has 0 aliphatic carbocycles. The molecule has 0 fully saturated rings. The number of hydrogen-bond donors (Lipinski definition) is 2. The molecule has 0 radical (unpaired) electrons. The van der Waals surface area contributed by atoms with Crippen molar-refractivity contribution >= 4 is 17.0 Å². The van der Waals surface area contributed by atoms with Crippen LogP contribution >= 0.6 is 0 Å². The Labute approximate surface area is 182 Å². The van der Waals surface area contributed by atoms with Crippen molar-refractivity contribution in [3.05, 3.63) is 83.8 Å². The predicted molar refractivity (Wildman–Crippen MR) is 117 cm³/mol. The predicted octanol–water partition coefficient (Wildman–Crippen LogP) is 3.44. The third-order valence-electron chi connectivity index (χ3n) is 5.21. The number of hydrogen-bond acceptors (Lipinski definition) is 6. The lowest BCUT2D eigenvalue weighted by Gasteiger charge is -2.10. The van der Waals surface area contributed by atoms with Gasteiger partial charge in [0.1, 0.15) is 11.0 Å². The Morgan fingerprint density at radius 2 is 1.84 bits per heavy atom. The molecule has 0 unspecified atom stereocenters. The molecule has 32 heavy (non-hydrogen) atoms. The molecular weight excluding hydrogens is 408 g/mol. The summed E-state index contributed by atoms with van der Waals surface area (Å²) in [5.41, 5.74) is 5.26. The maximum Gasteiger partial charge on any atom is 0.338 e. The smallest absolute Gasteiger partial charge is 0.338 e. The minimum absolute atomic E-state index is 0.00234. The van der Waals surface area contributed by atoms with Gasteiger partial charge in [-0.25, -0.2) is 14.5 Å². The van der Waals surface area contributed by atoms with Crippen molar-refractivity contribution in [1.82, 2.24) is 29.5 Å². The molecule has 0 amide bonds. The fourth-order valence-electron chi connectivity index (χ4n) is 3.60. The average Bonchev–Trinajstić information content (AvgIpc) is 3.44. The van der Waals surface area contributed by atoms with Gasteiger partial charge < -0.3 is 10.2 Å². The second-order valence-corrected chi connectivity index (χ2v) is 7.38. The third-order valence-corrected chi connectivity index (χ3v) is 5.21. The minimum Gasteiger partial charge on any atom is -0.492 e. The summed E-state index contributed by atoms with van der Waals surface area (Å²) in [4.78, 5) is 19.5. The van der Waals surface area contributed by atoms with Gasteiger partial charge in [0.25, 0.3) is 5.95 Å². The first-order valence-electron chi connectivity index (χ1n) is 9.85. The van der Waals surface area contributed by atoms with E-state index in [0.717, 1.165) is 16.7 Å². The second kappa shape index (κ2) is 7.62. The van der Waals surface area contributed by atoms with Gasteiger partial charge in [-0.3, -0.25) is 4.68 Å². The molecule has 0 atom stereocenters. The summed E-state index contributed by atoms with van der Waals surface area (Å²) in [5.74, 6) is -1.31. The van der Waals surface area contributed by atoms with E-state index < -0.39 is 5.97 Å². The van der Waals surface area contributed by atoms with Crippen molar-refractivity contribution in [2.45, 2.75) is 13.5 Å². The van der Waals surface area contributed by atoms with E-state index in [0.29, 0.717) is 17.6 Å². The number of aromatic nitrogens is 6. The summed E-state index contributed by atoms with van der Waals surface area (Å²) in [6.45, 7) is 2.49. The van der Waals surface area contributed by atoms with Gasteiger partial charge in [-0.1, -0.05) is 42.5 Å². The number of carboxylic acids is 1. The van der Waals surface area contributed by atoms with Crippen LogP contribution in [0.25, 0.3) is 28.1 Å². The van der Waals surface area contributed by atoms with Crippen LogP contribution in [-0.4, -0.2) is 45.7 Å². The molecule has 0 bridgehead atoms. The van der Waals surface area contributed by atoms with Crippen LogP contribution < -0.4 is 0 Å². The van der Waals surface area contributed by atoms with Gasteiger partial charge in [-0.2, -0.15) is 15.2 Å². The number of aryl methyl sites for hydroxylation is 1. The van der Waals surface area contributed by atoms with Crippen molar-refractivity contribution in [2.75, 3.05) is 0 Å². The van der Waals surface area contributed by atoms with Crippen LogP contribution in [0.2, 0.25) is 0 Å². The van der Waals surface area contributed by atoms with E-state index in [1.165, 1.54) is 28.8 Å². The molecule has 0 aliphatic rings. The number of rotatable bonds is 5. The summed E-state index contributed by atoms with van der Waals surface area (Å²) >= 11 is 0. The van der Waals surface area contributed by atoms with Crippen molar-refractivity contribution in [3.8, 4) is 23.0 Å². The Morgan fingerprint density at radius 3 is 2.59 bits per heavy atom. The van der Waals surface area contributed by atoms with E-state index in [-0.39, 0.29) is 17.4 Å². The number of aromatic carboxylic acids is 1. The normalized spacial score (nSPS) is 11.2. The second-order valence-electron chi connectivity index (χ2n) is 7.38. The van der Waals surface area contributed by atoms with Crippen LogP contribution in [0.5, 0.6) is 5.88 Å². The lowest BCUT2D eigenvalue weighted by Crippen LogP contribution is -2.05. The number of carboxylic acid groups (broad SMARTS) is 1. The molecule has 5 aromatic rings. The topological polar surface area (TPSA) is 119 Å². The average molecular weight is 426 g/mol. The molecule has 0 saturated carbocycles. The number of fused-ring (bicyclic) bond motifs is 1. The van der Waals surface area contributed by atoms with Gasteiger partial charge in [-0.05, 0) is 35.2 Å². The first-order valence-corrected chi connectivity index (χ1v) is 9.85. The zero-order valence-electron chi connectivity index (χ0n) is 17.0. The van der Waals surface area contributed by atoms with Crippen molar-refractivity contribution < 1.29 is 15.0 Å². The molecule has 0 saturated heterocycles. The summed E-state index contributed by atoms with van der Waals surface area (Å²) in [5, 5.41) is 28.0. The number of benzene rings is 2. The summed E-state index contributed by atoms with van der Waals surface area (Å²) in [6.07, 6.45) is 4.01. The van der Waals surface area contributed by atoms with Gasteiger partial charge in [0.2, 0.25) is 5.88 Å². The molecule has 9 heteroatoms. The molecule has 5 rings (SSSR count). The van der Waals surface area contributed by atoms with Crippen molar-refractivity contribution in [1.29, 1.82) is 0 Å². The molecule has 9 nitrogen and oxygen atoms in total. The number of nitrogens with zero attached hydrogens (tertiary/aromatic N) is 6. The minimum atomic E-state index is -1.11. The quantitative estimate of drug-likeness (QED) is 0.442. The van der Waals surface area contributed by atoms with E-state index in [1.807, 2.05) is 24.3 Å². The van der Waals surface area contributed by atoms with Gasteiger partial charge >= 0.3 is 5.97 Å². The maximum absolute atomic E-state index is 11.1. The van der Waals surface area contributed by atoms with Crippen LogP contribution in [-0.2, 0) is 6.54 Å². The van der Waals surface area contributed by atoms with Gasteiger partial charge in [0.15, 0.2) is 0 Å². The SMILES string of the molecule is Cc1ccc(Cn2ncc3nc(-n4cc(C(=O)O)cn4)nc(O)c32)cc1-c1ccccc1. The molecule has 158 valence electrons.